The Balaban J connectivity index is 3.21. The van der Waals surface area contributed by atoms with Gasteiger partial charge in [0.15, 0.2) is 0 Å². The van der Waals surface area contributed by atoms with Crippen LogP contribution in [0.1, 0.15) is 33.1 Å². The van der Waals surface area contributed by atoms with Gasteiger partial charge in [0.2, 0.25) is 0 Å². The van der Waals surface area contributed by atoms with Crippen molar-refractivity contribution in [3.63, 3.8) is 0 Å². The maximum atomic E-state index is 2.40. The minimum Gasteiger partial charge on any atom is -0.0848 e. The molecule has 1 heteroatoms. The van der Waals surface area contributed by atoms with E-state index in [1.165, 1.54) is 29.3 Å². The Labute approximate surface area is 71.9 Å². The van der Waals surface area contributed by atoms with Gasteiger partial charge < -0.3 is 0 Å². The highest BCUT2D eigenvalue weighted by atomic mass is 127. The molecule has 0 spiro atoms. The minimum atomic E-state index is 1.18. The summed E-state index contributed by atoms with van der Waals surface area (Å²) in [5, 5.41) is 0. The van der Waals surface area contributed by atoms with E-state index in [1.54, 1.807) is 0 Å². The fraction of sp³-hybridized carbons (Fsp3) is 0.750. The van der Waals surface area contributed by atoms with E-state index in [9.17, 15) is 0 Å². The van der Waals surface area contributed by atoms with Crippen LogP contribution in [-0.2, 0) is 0 Å². The molecule has 0 N–H and O–H groups in total. The van der Waals surface area contributed by atoms with Crippen LogP contribution >= 0.6 is 22.6 Å². The second-order valence-electron chi connectivity index (χ2n) is 2.33. The third-order valence-corrected chi connectivity index (χ3v) is 2.46. The summed E-state index contributed by atoms with van der Waals surface area (Å²) in [6.45, 7) is 4.43. The predicted molar refractivity (Wildman–Crippen MR) is 52.2 cm³/mol. The highest BCUT2D eigenvalue weighted by Gasteiger charge is 1.83. The van der Waals surface area contributed by atoms with Gasteiger partial charge in [-0.25, -0.2) is 0 Å². The van der Waals surface area contributed by atoms with E-state index in [0.717, 1.165) is 0 Å². The monoisotopic (exact) mass is 238 g/mol. The molecule has 0 heterocycles. The van der Waals surface area contributed by atoms with Crippen LogP contribution < -0.4 is 0 Å². The van der Waals surface area contributed by atoms with E-state index in [0.29, 0.717) is 0 Å². The number of allylic oxidation sites excluding steroid dienone is 2. The molecule has 0 atom stereocenters. The first-order chi connectivity index (χ1) is 4.31. The van der Waals surface area contributed by atoms with E-state index in [1.807, 2.05) is 0 Å². The Morgan fingerprint density at radius 3 is 2.67 bits per heavy atom. The van der Waals surface area contributed by atoms with Crippen LogP contribution in [0.4, 0.5) is 0 Å². The Morgan fingerprint density at radius 2 is 2.22 bits per heavy atom. The summed E-state index contributed by atoms with van der Waals surface area (Å²) in [5.41, 5.74) is 1.52. The quantitative estimate of drug-likeness (QED) is 0.304. The van der Waals surface area contributed by atoms with Crippen molar-refractivity contribution >= 4 is 22.6 Å². The van der Waals surface area contributed by atoms with Gasteiger partial charge in [-0.2, -0.15) is 0 Å². The molecule has 54 valence electrons. The van der Waals surface area contributed by atoms with Gasteiger partial charge in [0.25, 0.3) is 0 Å². The van der Waals surface area contributed by atoms with E-state index in [4.69, 9.17) is 0 Å². The van der Waals surface area contributed by atoms with Gasteiger partial charge in [-0.1, -0.05) is 54.0 Å². The molecule has 0 fully saturated rings. The molecule has 0 saturated carbocycles. The largest absolute Gasteiger partial charge is 0.0848 e. The van der Waals surface area contributed by atoms with Crippen LogP contribution in [0.5, 0.6) is 0 Å². The van der Waals surface area contributed by atoms with Crippen LogP contribution in [0.2, 0.25) is 0 Å². The molecular formula is C8H15I. The smallest absolute Gasteiger partial charge is 0.0203 e. The first kappa shape index (κ1) is 9.47. The van der Waals surface area contributed by atoms with Gasteiger partial charge in [0.05, 0.1) is 0 Å². The zero-order valence-corrected chi connectivity index (χ0v) is 8.44. The van der Waals surface area contributed by atoms with Gasteiger partial charge in [-0.15, -0.1) is 0 Å². The third kappa shape index (κ3) is 6.35. The van der Waals surface area contributed by atoms with Crippen LogP contribution in [0.15, 0.2) is 11.6 Å². The highest BCUT2D eigenvalue weighted by Crippen LogP contribution is 2.02. The lowest BCUT2D eigenvalue weighted by Crippen LogP contribution is -1.75. The molecule has 0 saturated heterocycles. The summed E-state index contributed by atoms with van der Waals surface area (Å²) in [7, 11) is 0. The second kappa shape index (κ2) is 6.59. The third-order valence-electron chi connectivity index (χ3n) is 1.26. The Bertz CT molecular complexity index is 84.6. The van der Waals surface area contributed by atoms with E-state index in [2.05, 4.69) is 42.5 Å². The maximum absolute atomic E-state index is 2.40. The van der Waals surface area contributed by atoms with Crippen molar-refractivity contribution in [2.24, 2.45) is 0 Å². The number of hydrogen-bond acceptors (Lipinski definition) is 0. The molecule has 0 aliphatic rings. The molecule has 0 aromatic heterocycles. The molecule has 9 heavy (non-hydrogen) atoms. The maximum Gasteiger partial charge on any atom is 0.0203 e. The molecule has 0 aliphatic heterocycles. The number of rotatable bonds is 4. The molecule has 0 radical (unpaired) electrons. The summed E-state index contributed by atoms with van der Waals surface area (Å²) in [6.07, 6.45) is 6.26. The van der Waals surface area contributed by atoms with Crippen LogP contribution in [0.25, 0.3) is 0 Å². The lowest BCUT2D eigenvalue weighted by atomic mass is 10.2. The zero-order valence-electron chi connectivity index (χ0n) is 6.28. The topological polar surface area (TPSA) is 0 Å². The van der Waals surface area contributed by atoms with E-state index < -0.39 is 0 Å². The fourth-order valence-electron chi connectivity index (χ4n) is 0.607. The van der Waals surface area contributed by atoms with Crippen molar-refractivity contribution < 1.29 is 0 Å². The van der Waals surface area contributed by atoms with Crippen molar-refractivity contribution in [1.82, 2.24) is 0 Å². The molecule has 0 bridgehead atoms. The van der Waals surface area contributed by atoms with Gasteiger partial charge in [-0.05, 0) is 13.3 Å². The van der Waals surface area contributed by atoms with Crippen molar-refractivity contribution in [2.75, 3.05) is 4.43 Å². The lowest BCUT2D eigenvalue weighted by molar-refractivity contribution is 0.811. The molecule has 0 unspecified atom stereocenters. The van der Waals surface area contributed by atoms with Crippen molar-refractivity contribution in [1.29, 1.82) is 0 Å². The number of alkyl halides is 1. The predicted octanol–water partition coefficient (Wildman–Crippen LogP) is 3.56. The molecular weight excluding hydrogens is 223 g/mol. The zero-order chi connectivity index (χ0) is 7.11. The summed E-state index contributed by atoms with van der Waals surface area (Å²) in [5.74, 6) is 0. The van der Waals surface area contributed by atoms with Crippen LogP contribution in [0, 0.1) is 0 Å². The number of unbranched alkanes of at least 4 members (excludes halogenated alkanes) is 2. The van der Waals surface area contributed by atoms with Crippen molar-refractivity contribution in [3.8, 4) is 0 Å². The van der Waals surface area contributed by atoms with Gasteiger partial charge in [0, 0.05) is 4.43 Å². The standard InChI is InChI=1S/C8H15I/c1-3-4-5-6-8(2)7-9/h6H,3-5,7H2,1-2H3/b8-6+. The normalized spacial score (nSPS) is 12.1. The number of halogens is 1. The molecule has 0 rings (SSSR count). The molecule has 0 aliphatic carbocycles. The van der Waals surface area contributed by atoms with Gasteiger partial charge in [0.1, 0.15) is 0 Å². The summed E-state index contributed by atoms with van der Waals surface area (Å²) >= 11 is 2.40. The molecule has 0 nitrogen and oxygen atoms in total. The van der Waals surface area contributed by atoms with Crippen LogP contribution in [-0.4, -0.2) is 4.43 Å². The van der Waals surface area contributed by atoms with Crippen molar-refractivity contribution in [3.05, 3.63) is 11.6 Å². The Kier molecular flexibility index (Phi) is 6.93. The summed E-state index contributed by atoms with van der Waals surface area (Å²) in [4.78, 5) is 0. The van der Waals surface area contributed by atoms with Gasteiger partial charge >= 0.3 is 0 Å². The van der Waals surface area contributed by atoms with Crippen LogP contribution in [0.3, 0.4) is 0 Å². The first-order valence-corrected chi connectivity index (χ1v) is 5.05. The van der Waals surface area contributed by atoms with E-state index >= 15 is 0 Å². The highest BCUT2D eigenvalue weighted by molar-refractivity contribution is 14.1. The summed E-state index contributed by atoms with van der Waals surface area (Å²) in [6, 6.07) is 0. The molecule has 0 aromatic carbocycles. The lowest BCUT2D eigenvalue weighted by Gasteiger charge is -1.92. The first-order valence-electron chi connectivity index (χ1n) is 3.52. The molecule has 0 amide bonds. The average molecular weight is 238 g/mol. The number of hydrogen-bond donors (Lipinski definition) is 0. The Morgan fingerprint density at radius 1 is 1.56 bits per heavy atom. The molecule has 0 aromatic rings. The fourth-order valence-corrected chi connectivity index (χ4v) is 0.919. The summed E-state index contributed by atoms with van der Waals surface area (Å²) < 4.78 is 1.18. The van der Waals surface area contributed by atoms with Crippen molar-refractivity contribution in [2.45, 2.75) is 33.1 Å². The SMILES string of the molecule is CCCC/C=C(\C)CI. The van der Waals surface area contributed by atoms with E-state index in [-0.39, 0.29) is 0 Å². The Hall–Kier alpha value is 0.470. The average Bonchev–Trinajstić information content (AvgIpc) is 1.89. The van der Waals surface area contributed by atoms with Gasteiger partial charge in [-0.3, -0.25) is 0 Å². The second-order valence-corrected chi connectivity index (χ2v) is 3.09. The minimum absolute atomic E-state index is 1.18.